The predicted octanol–water partition coefficient (Wildman–Crippen LogP) is 3.07. The molecule has 0 saturated carbocycles. The molecule has 1 aromatic carbocycles. The number of hydrogen-bond donors (Lipinski definition) is 0. The fraction of sp³-hybridized carbons (Fsp3) is 0. The number of nitrogens with zero attached hydrogens (tertiary/aromatic N) is 1. The Balaban J connectivity index is 3.25. The van der Waals surface area contributed by atoms with E-state index >= 15 is 0 Å². The average Bonchev–Trinajstić information content (AvgIpc) is 2.10. The summed E-state index contributed by atoms with van der Waals surface area (Å²) in [6.45, 7) is 0. The largest absolute Gasteiger partial charge is 0.204 e. The van der Waals surface area contributed by atoms with E-state index < -0.39 is 11.6 Å². The molecule has 66 valence electrons. The first-order valence-electron chi connectivity index (χ1n) is 3.36. The lowest BCUT2D eigenvalue weighted by Crippen LogP contribution is -1.89. The van der Waals surface area contributed by atoms with Crippen molar-refractivity contribution in [3.8, 4) is 6.07 Å². The van der Waals surface area contributed by atoms with Gasteiger partial charge in [-0.2, -0.15) is 5.26 Å². The van der Waals surface area contributed by atoms with Crippen LogP contribution in [0.15, 0.2) is 24.3 Å². The maximum Gasteiger partial charge on any atom is 0.167 e. The molecule has 0 aliphatic heterocycles. The van der Waals surface area contributed by atoms with E-state index in [0.717, 1.165) is 12.1 Å². The lowest BCUT2D eigenvalue weighted by Gasteiger charge is -1.99. The number of halogens is 3. The first kappa shape index (κ1) is 9.69. The quantitative estimate of drug-likeness (QED) is 0.638. The molecule has 0 unspecified atom stereocenters. The average molecular weight is 200 g/mol. The molecule has 0 saturated heterocycles. The highest BCUT2D eigenvalue weighted by Gasteiger charge is 2.09. The Labute approximate surface area is 78.9 Å². The standard InChI is InChI=1S/C9H4ClF2N/c10-7(4-5-13)6-2-1-3-8(11)9(6)12/h1-4H. The SMILES string of the molecule is N#CC=C(Cl)c1cccc(F)c1F. The molecule has 1 aromatic rings. The summed E-state index contributed by atoms with van der Waals surface area (Å²) in [4.78, 5) is 0. The monoisotopic (exact) mass is 199 g/mol. The molecule has 0 radical (unpaired) electrons. The van der Waals surface area contributed by atoms with Gasteiger partial charge >= 0.3 is 0 Å². The van der Waals surface area contributed by atoms with Crippen LogP contribution in [0.3, 0.4) is 0 Å². The molecule has 0 atom stereocenters. The third-order valence-corrected chi connectivity index (χ3v) is 1.71. The Bertz CT molecular complexity index is 393. The summed E-state index contributed by atoms with van der Waals surface area (Å²) in [5.74, 6) is -2.03. The van der Waals surface area contributed by atoms with Gasteiger partial charge in [0.05, 0.1) is 11.1 Å². The van der Waals surface area contributed by atoms with E-state index in [2.05, 4.69) is 0 Å². The van der Waals surface area contributed by atoms with E-state index in [-0.39, 0.29) is 10.6 Å². The van der Waals surface area contributed by atoms with Crippen LogP contribution in [0, 0.1) is 23.0 Å². The zero-order chi connectivity index (χ0) is 9.84. The summed E-state index contributed by atoms with van der Waals surface area (Å²) in [7, 11) is 0. The second-order valence-corrected chi connectivity index (χ2v) is 2.63. The van der Waals surface area contributed by atoms with Gasteiger partial charge in [-0.1, -0.05) is 23.7 Å². The van der Waals surface area contributed by atoms with Crippen LogP contribution < -0.4 is 0 Å². The second-order valence-electron chi connectivity index (χ2n) is 2.22. The molecule has 0 bridgehead atoms. The molecule has 4 heteroatoms. The summed E-state index contributed by atoms with van der Waals surface area (Å²) in [5.41, 5.74) is -0.108. The van der Waals surface area contributed by atoms with Crippen LogP contribution in [0.2, 0.25) is 0 Å². The molecule has 0 aromatic heterocycles. The molecular formula is C9H4ClF2N. The Morgan fingerprint density at radius 3 is 2.77 bits per heavy atom. The van der Waals surface area contributed by atoms with Crippen LogP contribution in [0.4, 0.5) is 8.78 Å². The van der Waals surface area contributed by atoms with E-state index in [0.29, 0.717) is 0 Å². The minimum atomic E-state index is -1.04. The van der Waals surface area contributed by atoms with E-state index in [4.69, 9.17) is 16.9 Å². The van der Waals surface area contributed by atoms with Crippen molar-refractivity contribution in [2.75, 3.05) is 0 Å². The Hall–Kier alpha value is -1.40. The number of benzene rings is 1. The van der Waals surface area contributed by atoms with Gasteiger partial charge in [0.1, 0.15) is 0 Å². The first-order chi connectivity index (χ1) is 6.16. The van der Waals surface area contributed by atoms with E-state index in [1.807, 2.05) is 0 Å². The van der Waals surface area contributed by atoms with Gasteiger partial charge in [-0.05, 0) is 6.07 Å². The van der Waals surface area contributed by atoms with Gasteiger partial charge in [0, 0.05) is 11.6 Å². The lowest BCUT2D eigenvalue weighted by atomic mass is 10.2. The van der Waals surface area contributed by atoms with Crippen molar-refractivity contribution in [3.05, 3.63) is 41.5 Å². The third kappa shape index (κ3) is 2.04. The van der Waals surface area contributed by atoms with Crippen molar-refractivity contribution in [1.29, 1.82) is 5.26 Å². The van der Waals surface area contributed by atoms with E-state index in [1.54, 1.807) is 6.07 Å². The van der Waals surface area contributed by atoms with E-state index in [9.17, 15) is 8.78 Å². The van der Waals surface area contributed by atoms with Crippen molar-refractivity contribution in [2.45, 2.75) is 0 Å². The van der Waals surface area contributed by atoms with E-state index in [1.165, 1.54) is 12.1 Å². The van der Waals surface area contributed by atoms with Gasteiger partial charge in [0.2, 0.25) is 0 Å². The highest BCUT2D eigenvalue weighted by Crippen LogP contribution is 2.22. The molecule has 0 fully saturated rings. The number of nitriles is 1. The van der Waals surface area contributed by atoms with Crippen molar-refractivity contribution in [1.82, 2.24) is 0 Å². The van der Waals surface area contributed by atoms with Gasteiger partial charge in [-0.25, -0.2) is 8.78 Å². The molecule has 0 aliphatic carbocycles. The summed E-state index contributed by atoms with van der Waals surface area (Å²) in [6, 6.07) is 5.23. The summed E-state index contributed by atoms with van der Waals surface area (Å²) in [6.07, 6.45) is 0.944. The number of hydrogen-bond acceptors (Lipinski definition) is 1. The van der Waals surface area contributed by atoms with Crippen molar-refractivity contribution in [2.24, 2.45) is 0 Å². The summed E-state index contributed by atoms with van der Waals surface area (Å²) >= 11 is 5.52. The third-order valence-electron chi connectivity index (χ3n) is 1.40. The van der Waals surface area contributed by atoms with Crippen LogP contribution >= 0.6 is 11.6 Å². The maximum atomic E-state index is 13.0. The molecule has 13 heavy (non-hydrogen) atoms. The molecule has 0 amide bonds. The normalized spacial score (nSPS) is 11.1. The number of rotatable bonds is 1. The van der Waals surface area contributed by atoms with Crippen LogP contribution in [-0.2, 0) is 0 Å². The Kier molecular flexibility index (Phi) is 2.99. The summed E-state index contributed by atoms with van der Waals surface area (Å²) < 4.78 is 25.6. The molecule has 1 rings (SSSR count). The maximum absolute atomic E-state index is 13.0. The van der Waals surface area contributed by atoms with Gasteiger partial charge in [-0.3, -0.25) is 0 Å². The second kappa shape index (κ2) is 4.01. The van der Waals surface area contributed by atoms with Crippen molar-refractivity contribution < 1.29 is 8.78 Å². The molecule has 0 N–H and O–H groups in total. The van der Waals surface area contributed by atoms with Crippen LogP contribution in [0.25, 0.3) is 5.03 Å². The highest BCUT2D eigenvalue weighted by molar-refractivity contribution is 6.49. The smallest absolute Gasteiger partial charge is 0.167 e. The van der Waals surface area contributed by atoms with Gasteiger partial charge in [0.15, 0.2) is 11.6 Å². The molecule has 1 nitrogen and oxygen atoms in total. The topological polar surface area (TPSA) is 23.8 Å². The molecular weight excluding hydrogens is 196 g/mol. The Morgan fingerprint density at radius 2 is 2.15 bits per heavy atom. The fourth-order valence-corrected chi connectivity index (χ4v) is 1.02. The molecule has 0 heterocycles. The van der Waals surface area contributed by atoms with Crippen LogP contribution in [0.5, 0.6) is 0 Å². The highest BCUT2D eigenvalue weighted by atomic mass is 35.5. The molecule has 0 aliphatic rings. The predicted molar refractivity (Wildman–Crippen MR) is 45.8 cm³/mol. The molecule has 0 spiro atoms. The van der Waals surface area contributed by atoms with Gasteiger partial charge < -0.3 is 0 Å². The van der Waals surface area contributed by atoms with Gasteiger partial charge in [0.25, 0.3) is 0 Å². The number of allylic oxidation sites excluding steroid dienone is 1. The zero-order valence-electron chi connectivity index (χ0n) is 6.39. The van der Waals surface area contributed by atoms with Crippen molar-refractivity contribution >= 4 is 16.6 Å². The van der Waals surface area contributed by atoms with Gasteiger partial charge in [-0.15, -0.1) is 0 Å². The minimum absolute atomic E-state index is 0.108. The first-order valence-corrected chi connectivity index (χ1v) is 3.74. The van der Waals surface area contributed by atoms with Crippen LogP contribution in [-0.4, -0.2) is 0 Å². The minimum Gasteiger partial charge on any atom is -0.204 e. The van der Waals surface area contributed by atoms with Crippen LogP contribution in [0.1, 0.15) is 5.56 Å². The zero-order valence-corrected chi connectivity index (χ0v) is 7.15. The Morgan fingerprint density at radius 1 is 1.46 bits per heavy atom. The summed E-state index contributed by atoms with van der Waals surface area (Å²) in [5, 5.41) is 8.12. The van der Waals surface area contributed by atoms with Crippen molar-refractivity contribution in [3.63, 3.8) is 0 Å². The fourth-order valence-electron chi connectivity index (χ4n) is 0.823. The lowest BCUT2D eigenvalue weighted by molar-refractivity contribution is 0.507.